The SMILES string of the molecule is CCCCCCCCCCCCCCCC(=O)OCC(COC(=O)CCCCCCCCCCCCCCC)OC(=O)CC(C)CCCC(=O)Oc1c(C/C=C(\C)CCC(=O)OC)c(OC)c(C)c2c1C(=O)OC2. The Hall–Kier alpha value is -4.42. The molecule has 1 unspecified atom stereocenters. The van der Waals surface area contributed by atoms with Gasteiger partial charge in [0.25, 0.3) is 0 Å². The molecule has 0 fully saturated rings. The van der Waals surface area contributed by atoms with Crippen LogP contribution in [0.3, 0.4) is 0 Å². The topological polar surface area (TPSA) is 167 Å². The third kappa shape index (κ3) is 29.6. The van der Waals surface area contributed by atoms with Gasteiger partial charge < -0.3 is 33.2 Å². The Bertz CT molecular complexity index is 1760. The molecule has 1 aromatic carbocycles. The Morgan fingerprint density at radius 2 is 1.03 bits per heavy atom. The number of benzene rings is 1. The number of rotatable bonds is 46. The molecule has 0 bridgehead atoms. The summed E-state index contributed by atoms with van der Waals surface area (Å²) in [7, 11) is 2.86. The molecule has 13 heteroatoms. The number of cyclic esters (lactones) is 1. The summed E-state index contributed by atoms with van der Waals surface area (Å²) in [6, 6.07) is 0. The molecule has 0 aromatic heterocycles. The van der Waals surface area contributed by atoms with Crippen molar-refractivity contribution >= 4 is 35.8 Å². The van der Waals surface area contributed by atoms with E-state index in [4.69, 9.17) is 33.2 Å². The van der Waals surface area contributed by atoms with Crippen LogP contribution in [0.25, 0.3) is 0 Å². The molecule has 422 valence electrons. The minimum absolute atomic E-state index is 0.0138. The van der Waals surface area contributed by atoms with Gasteiger partial charge >= 0.3 is 35.8 Å². The maximum atomic E-state index is 13.4. The van der Waals surface area contributed by atoms with Crippen molar-refractivity contribution in [3.8, 4) is 11.5 Å². The molecule has 1 aromatic rings. The van der Waals surface area contributed by atoms with Gasteiger partial charge in [0.15, 0.2) is 11.9 Å². The highest BCUT2D eigenvalue weighted by Gasteiger charge is 2.34. The van der Waals surface area contributed by atoms with Gasteiger partial charge in [-0.1, -0.05) is 187 Å². The van der Waals surface area contributed by atoms with Crippen LogP contribution in [0.1, 0.15) is 273 Å². The summed E-state index contributed by atoms with van der Waals surface area (Å²) in [6.07, 6.45) is 34.8. The molecule has 0 aliphatic carbocycles. The largest absolute Gasteiger partial charge is 0.496 e. The van der Waals surface area contributed by atoms with E-state index in [1.807, 2.05) is 26.8 Å². The second-order valence-electron chi connectivity index (χ2n) is 20.9. The molecule has 0 N–H and O–H groups in total. The van der Waals surface area contributed by atoms with Gasteiger partial charge in [0, 0.05) is 43.2 Å². The van der Waals surface area contributed by atoms with Crippen LogP contribution in [-0.2, 0) is 60.7 Å². The molecule has 0 radical (unpaired) electrons. The third-order valence-corrected chi connectivity index (χ3v) is 14.2. The third-order valence-electron chi connectivity index (χ3n) is 14.2. The zero-order valence-electron chi connectivity index (χ0n) is 47.4. The van der Waals surface area contributed by atoms with Crippen LogP contribution in [0.4, 0.5) is 0 Å². The Balaban J connectivity index is 1.90. The average Bonchev–Trinajstić information content (AvgIpc) is 3.78. The zero-order chi connectivity index (χ0) is 54.2. The van der Waals surface area contributed by atoms with Gasteiger partial charge in [0.1, 0.15) is 31.1 Å². The first-order chi connectivity index (χ1) is 35.8. The van der Waals surface area contributed by atoms with Crippen LogP contribution in [0.5, 0.6) is 11.5 Å². The molecular formula is C61H100O13. The number of methoxy groups -OCH3 is 2. The number of hydrogen-bond acceptors (Lipinski definition) is 13. The summed E-state index contributed by atoms with van der Waals surface area (Å²) < 4.78 is 38.8. The van der Waals surface area contributed by atoms with E-state index in [1.54, 1.807) is 0 Å². The van der Waals surface area contributed by atoms with Gasteiger partial charge in [0.05, 0.1) is 14.2 Å². The molecule has 74 heavy (non-hydrogen) atoms. The fraction of sp³-hybridized carbons (Fsp3) is 0.770. The van der Waals surface area contributed by atoms with E-state index in [9.17, 15) is 28.8 Å². The molecular weight excluding hydrogens is 941 g/mol. The normalized spacial score (nSPS) is 12.6. The van der Waals surface area contributed by atoms with Crippen LogP contribution in [-0.4, -0.2) is 69.4 Å². The van der Waals surface area contributed by atoms with E-state index in [0.717, 1.165) is 49.7 Å². The lowest BCUT2D eigenvalue weighted by atomic mass is 9.94. The van der Waals surface area contributed by atoms with Crippen molar-refractivity contribution in [3.63, 3.8) is 0 Å². The molecule has 0 saturated heterocycles. The van der Waals surface area contributed by atoms with Crippen molar-refractivity contribution < 1.29 is 61.9 Å². The summed E-state index contributed by atoms with van der Waals surface area (Å²) in [5.74, 6) is -2.31. The van der Waals surface area contributed by atoms with E-state index in [-0.39, 0.29) is 93.5 Å². The van der Waals surface area contributed by atoms with E-state index < -0.39 is 24.0 Å². The minimum atomic E-state index is -0.948. The highest BCUT2D eigenvalue weighted by Crippen LogP contribution is 2.43. The van der Waals surface area contributed by atoms with Crippen molar-refractivity contribution in [2.24, 2.45) is 5.92 Å². The zero-order valence-corrected chi connectivity index (χ0v) is 47.4. The fourth-order valence-corrected chi connectivity index (χ4v) is 9.49. The Morgan fingerprint density at radius 3 is 1.49 bits per heavy atom. The van der Waals surface area contributed by atoms with Crippen molar-refractivity contribution in [1.29, 1.82) is 0 Å². The lowest BCUT2D eigenvalue weighted by Gasteiger charge is -2.20. The number of allylic oxidation sites excluding steroid dienone is 2. The summed E-state index contributed by atoms with van der Waals surface area (Å²) >= 11 is 0. The van der Waals surface area contributed by atoms with Crippen LogP contribution < -0.4 is 9.47 Å². The van der Waals surface area contributed by atoms with Crippen molar-refractivity contribution in [2.45, 2.75) is 272 Å². The Morgan fingerprint density at radius 1 is 0.568 bits per heavy atom. The number of carbonyl (C=O) groups is 6. The van der Waals surface area contributed by atoms with Gasteiger partial charge in [0.2, 0.25) is 0 Å². The maximum Gasteiger partial charge on any atom is 0.342 e. The number of esters is 6. The van der Waals surface area contributed by atoms with Crippen LogP contribution in [0.2, 0.25) is 0 Å². The number of hydrogen-bond donors (Lipinski definition) is 0. The molecule has 0 spiro atoms. The van der Waals surface area contributed by atoms with Gasteiger partial charge in [-0.2, -0.15) is 0 Å². The number of carbonyl (C=O) groups excluding carboxylic acids is 6. The maximum absolute atomic E-state index is 13.4. The van der Waals surface area contributed by atoms with Crippen LogP contribution >= 0.6 is 0 Å². The molecule has 2 rings (SSSR count). The van der Waals surface area contributed by atoms with Crippen molar-refractivity contribution in [3.05, 3.63) is 33.9 Å². The van der Waals surface area contributed by atoms with E-state index in [1.165, 1.54) is 143 Å². The first kappa shape index (κ1) is 65.7. The quantitative estimate of drug-likeness (QED) is 0.0199. The minimum Gasteiger partial charge on any atom is -0.496 e. The lowest BCUT2D eigenvalue weighted by Crippen LogP contribution is -2.31. The van der Waals surface area contributed by atoms with Gasteiger partial charge in [-0.25, -0.2) is 4.79 Å². The molecule has 1 aliphatic rings. The van der Waals surface area contributed by atoms with E-state index >= 15 is 0 Å². The molecule has 1 atom stereocenters. The summed E-state index contributed by atoms with van der Waals surface area (Å²) in [4.78, 5) is 77.0. The van der Waals surface area contributed by atoms with E-state index in [0.29, 0.717) is 36.1 Å². The highest BCUT2D eigenvalue weighted by atomic mass is 16.6. The molecule has 13 nitrogen and oxygen atoms in total. The molecule has 1 aliphatic heterocycles. The summed E-state index contributed by atoms with van der Waals surface area (Å²) in [5.41, 5.74) is 2.96. The van der Waals surface area contributed by atoms with Crippen molar-refractivity contribution in [1.82, 2.24) is 0 Å². The number of fused-ring (bicyclic) bond motifs is 1. The number of unbranched alkanes of at least 4 members (excludes halogenated alkanes) is 24. The van der Waals surface area contributed by atoms with E-state index in [2.05, 4.69) is 13.8 Å². The predicted molar refractivity (Wildman–Crippen MR) is 291 cm³/mol. The fourth-order valence-electron chi connectivity index (χ4n) is 9.49. The number of ether oxygens (including phenoxy) is 7. The Kier molecular flexibility index (Phi) is 37.1. The van der Waals surface area contributed by atoms with Crippen LogP contribution in [0, 0.1) is 12.8 Å². The summed E-state index contributed by atoms with van der Waals surface area (Å²) in [6.45, 7) is 9.72. The first-order valence-corrected chi connectivity index (χ1v) is 29.2. The lowest BCUT2D eigenvalue weighted by molar-refractivity contribution is -0.167. The second-order valence-corrected chi connectivity index (χ2v) is 20.9. The standard InChI is InChI=1S/C61H100O13/c1-8-10-12-14-16-18-20-22-24-26-28-30-32-36-54(63)70-44-50(45-71-55(64)37-33-31-29-27-25-23-21-19-17-15-13-11-9-2)73-57(66)43-48(4)35-34-38-56(65)74-60-51(41-39-47(3)40-42-53(62)68-6)59(69-7)49(5)52-46-72-61(67)58(52)60/h39,48,50H,8-38,40-46H2,1-7H3/b47-39+. The van der Waals surface area contributed by atoms with Gasteiger partial charge in [-0.05, 0) is 63.9 Å². The Labute approximate surface area is 447 Å². The smallest absolute Gasteiger partial charge is 0.342 e. The average molecular weight is 1040 g/mol. The van der Waals surface area contributed by atoms with Crippen molar-refractivity contribution in [2.75, 3.05) is 27.4 Å². The molecule has 0 saturated carbocycles. The predicted octanol–water partition coefficient (Wildman–Crippen LogP) is 15.2. The van der Waals surface area contributed by atoms with Crippen LogP contribution in [0.15, 0.2) is 11.6 Å². The first-order valence-electron chi connectivity index (χ1n) is 29.2. The van der Waals surface area contributed by atoms with Gasteiger partial charge in [-0.3, -0.25) is 24.0 Å². The molecule has 0 amide bonds. The molecule has 1 heterocycles. The van der Waals surface area contributed by atoms with Gasteiger partial charge in [-0.15, -0.1) is 0 Å². The second kappa shape index (κ2) is 41.8. The monoisotopic (exact) mass is 1040 g/mol. The summed E-state index contributed by atoms with van der Waals surface area (Å²) in [5, 5.41) is 0. The highest BCUT2D eigenvalue weighted by molar-refractivity contribution is 5.99.